The average molecular weight is 206 g/mol. The van der Waals surface area contributed by atoms with Crippen molar-refractivity contribution < 1.29 is 4.74 Å². The largest absolute Gasteiger partial charge is 0.380 e. The maximum absolute atomic E-state index is 5.22. The van der Waals surface area contributed by atoms with Crippen LogP contribution in [0.1, 0.15) is 25.5 Å². The first-order valence-electron chi connectivity index (χ1n) is 5.41. The Hall–Kier alpha value is -0.930. The van der Waals surface area contributed by atoms with Gasteiger partial charge in [-0.15, -0.1) is 0 Å². The predicted molar refractivity (Wildman–Crippen MR) is 59.6 cm³/mol. The fourth-order valence-corrected chi connectivity index (χ4v) is 1.70. The lowest BCUT2D eigenvalue weighted by atomic mass is 9.88. The molecule has 0 bridgehead atoms. The van der Waals surface area contributed by atoms with Gasteiger partial charge in [0.25, 0.3) is 0 Å². The smallest absolute Gasteiger partial charge is 0.0554 e. The van der Waals surface area contributed by atoms with Crippen LogP contribution in [0.15, 0.2) is 24.5 Å². The Morgan fingerprint density at radius 3 is 2.93 bits per heavy atom. The van der Waals surface area contributed by atoms with Gasteiger partial charge in [-0.25, -0.2) is 0 Å². The minimum absolute atomic E-state index is 0.330. The van der Waals surface area contributed by atoms with E-state index >= 15 is 0 Å². The molecule has 0 unspecified atom stereocenters. The molecule has 0 saturated carbocycles. The molecule has 15 heavy (non-hydrogen) atoms. The van der Waals surface area contributed by atoms with Crippen molar-refractivity contribution in [1.82, 2.24) is 10.3 Å². The van der Waals surface area contributed by atoms with Gasteiger partial charge in [0.15, 0.2) is 0 Å². The van der Waals surface area contributed by atoms with Gasteiger partial charge in [-0.1, -0.05) is 13.0 Å². The number of nitrogens with one attached hydrogen (secondary N) is 1. The highest BCUT2D eigenvalue weighted by molar-refractivity contribution is 5.12. The molecule has 3 heteroatoms. The van der Waals surface area contributed by atoms with Crippen LogP contribution in [-0.2, 0) is 4.74 Å². The van der Waals surface area contributed by atoms with Gasteiger partial charge in [-0.05, 0) is 18.6 Å². The van der Waals surface area contributed by atoms with Crippen LogP contribution in [0.5, 0.6) is 0 Å². The Bertz CT molecular complexity index is 309. The molecule has 1 aromatic rings. The Morgan fingerprint density at radius 2 is 2.40 bits per heavy atom. The second-order valence-corrected chi connectivity index (χ2v) is 4.69. The summed E-state index contributed by atoms with van der Waals surface area (Å²) in [6.45, 7) is 7.17. The van der Waals surface area contributed by atoms with Crippen LogP contribution < -0.4 is 5.32 Å². The first kappa shape index (κ1) is 10.6. The number of aromatic nitrogens is 1. The zero-order valence-electron chi connectivity index (χ0n) is 9.36. The van der Waals surface area contributed by atoms with Crippen molar-refractivity contribution in [1.29, 1.82) is 0 Å². The van der Waals surface area contributed by atoms with E-state index in [0.29, 0.717) is 11.5 Å². The van der Waals surface area contributed by atoms with E-state index in [-0.39, 0.29) is 0 Å². The van der Waals surface area contributed by atoms with E-state index in [9.17, 15) is 0 Å². The van der Waals surface area contributed by atoms with Gasteiger partial charge in [-0.3, -0.25) is 4.98 Å². The molecule has 1 aliphatic rings. The molecule has 1 saturated heterocycles. The molecular formula is C12H18N2O. The van der Waals surface area contributed by atoms with E-state index in [2.05, 4.69) is 30.2 Å². The van der Waals surface area contributed by atoms with Crippen LogP contribution in [0.3, 0.4) is 0 Å². The molecule has 1 atom stereocenters. The highest BCUT2D eigenvalue weighted by atomic mass is 16.5. The number of pyridine rings is 1. The van der Waals surface area contributed by atoms with Crippen LogP contribution >= 0.6 is 0 Å². The summed E-state index contributed by atoms with van der Waals surface area (Å²) in [7, 11) is 0. The summed E-state index contributed by atoms with van der Waals surface area (Å²) in [4.78, 5) is 4.12. The maximum Gasteiger partial charge on any atom is 0.0554 e. The van der Waals surface area contributed by atoms with Gasteiger partial charge in [0, 0.05) is 30.4 Å². The molecule has 82 valence electrons. The third kappa shape index (κ3) is 2.55. The Labute approximate surface area is 90.9 Å². The summed E-state index contributed by atoms with van der Waals surface area (Å²) in [6.07, 6.45) is 3.72. The summed E-state index contributed by atoms with van der Waals surface area (Å²) in [6, 6.07) is 4.43. The molecule has 0 aliphatic carbocycles. The highest BCUT2D eigenvalue weighted by Crippen LogP contribution is 2.26. The first-order valence-corrected chi connectivity index (χ1v) is 5.41. The molecule has 0 amide bonds. The summed E-state index contributed by atoms with van der Waals surface area (Å²) < 4.78 is 5.22. The minimum atomic E-state index is 0.330. The molecule has 3 nitrogen and oxygen atoms in total. The SMILES string of the molecule is C[C@@H](NCC1(C)COC1)c1cccnc1. The minimum Gasteiger partial charge on any atom is -0.380 e. The van der Waals surface area contributed by atoms with Crippen molar-refractivity contribution in [3.05, 3.63) is 30.1 Å². The molecule has 1 aromatic heterocycles. The van der Waals surface area contributed by atoms with Crippen molar-refractivity contribution >= 4 is 0 Å². The topological polar surface area (TPSA) is 34.1 Å². The van der Waals surface area contributed by atoms with Crippen molar-refractivity contribution in [2.75, 3.05) is 19.8 Å². The second-order valence-electron chi connectivity index (χ2n) is 4.69. The standard InChI is InChI=1S/C12H18N2O/c1-10(11-4-3-5-13-6-11)14-7-12(2)8-15-9-12/h3-6,10,14H,7-9H2,1-2H3/t10-/m1/s1. The summed E-state index contributed by atoms with van der Waals surface area (Å²) in [5.74, 6) is 0. The van der Waals surface area contributed by atoms with Crippen LogP contribution in [0.4, 0.5) is 0 Å². The van der Waals surface area contributed by atoms with Gasteiger partial charge >= 0.3 is 0 Å². The van der Waals surface area contributed by atoms with Gasteiger partial charge in [0.1, 0.15) is 0 Å². The van der Waals surface area contributed by atoms with Crippen LogP contribution in [-0.4, -0.2) is 24.7 Å². The lowest BCUT2D eigenvalue weighted by molar-refractivity contribution is -0.0999. The van der Waals surface area contributed by atoms with Crippen molar-refractivity contribution in [3.8, 4) is 0 Å². The van der Waals surface area contributed by atoms with E-state index in [1.165, 1.54) is 5.56 Å². The fraction of sp³-hybridized carbons (Fsp3) is 0.583. The Morgan fingerprint density at radius 1 is 1.60 bits per heavy atom. The number of hydrogen-bond acceptors (Lipinski definition) is 3. The number of rotatable bonds is 4. The maximum atomic E-state index is 5.22. The van der Waals surface area contributed by atoms with Crippen molar-refractivity contribution in [2.45, 2.75) is 19.9 Å². The molecule has 0 spiro atoms. The van der Waals surface area contributed by atoms with Gasteiger partial charge in [-0.2, -0.15) is 0 Å². The van der Waals surface area contributed by atoms with Gasteiger partial charge < -0.3 is 10.1 Å². The van der Waals surface area contributed by atoms with Crippen LogP contribution in [0.25, 0.3) is 0 Å². The van der Waals surface area contributed by atoms with Crippen molar-refractivity contribution in [2.24, 2.45) is 5.41 Å². The molecule has 2 rings (SSSR count). The number of hydrogen-bond donors (Lipinski definition) is 1. The lowest BCUT2D eigenvalue weighted by Crippen LogP contribution is -2.47. The quantitative estimate of drug-likeness (QED) is 0.815. The van der Waals surface area contributed by atoms with E-state index < -0.39 is 0 Å². The Kier molecular flexibility index (Phi) is 3.03. The van der Waals surface area contributed by atoms with E-state index in [0.717, 1.165) is 19.8 Å². The van der Waals surface area contributed by atoms with Crippen LogP contribution in [0, 0.1) is 5.41 Å². The number of ether oxygens (including phenoxy) is 1. The molecule has 0 aromatic carbocycles. The summed E-state index contributed by atoms with van der Waals surface area (Å²) in [5.41, 5.74) is 1.57. The highest BCUT2D eigenvalue weighted by Gasteiger charge is 2.33. The van der Waals surface area contributed by atoms with Gasteiger partial charge in [0.2, 0.25) is 0 Å². The second kappa shape index (κ2) is 4.29. The van der Waals surface area contributed by atoms with Gasteiger partial charge in [0.05, 0.1) is 13.2 Å². The van der Waals surface area contributed by atoms with E-state index in [1.807, 2.05) is 12.3 Å². The first-order chi connectivity index (χ1) is 7.20. The molecule has 1 fully saturated rings. The number of nitrogens with zero attached hydrogens (tertiary/aromatic N) is 1. The Balaban J connectivity index is 1.85. The summed E-state index contributed by atoms with van der Waals surface area (Å²) >= 11 is 0. The molecule has 1 aliphatic heterocycles. The van der Waals surface area contributed by atoms with E-state index in [4.69, 9.17) is 4.74 Å². The third-order valence-electron chi connectivity index (χ3n) is 2.92. The van der Waals surface area contributed by atoms with Crippen LogP contribution in [0.2, 0.25) is 0 Å². The fourth-order valence-electron chi connectivity index (χ4n) is 1.70. The zero-order chi connectivity index (χ0) is 10.7. The monoisotopic (exact) mass is 206 g/mol. The third-order valence-corrected chi connectivity index (χ3v) is 2.92. The molecular weight excluding hydrogens is 188 g/mol. The normalized spacial score (nSPS) is 20.7. The predicted octanol–water partition coefficient (Wildman–Crippen LogP) is 1.77. The average Bonchev–Trinajstić information content (AvgIpc) is 2.24. The molecule has 0 radical (unpaired) electrons. The molecule has 2 heterocycles. The zero-order valence-corrected chi connectivity index (χ0v) is 9.36. The van der Waals surface area contributed by atoms with E-state index in [1.54, 1.807) is 6.20 Å². The summed E-state index contributed by atoms with van der Waals surface area (Å²) in [5, 5.41) is 3.52. The molecule has 1 N–H and O–H groups in total. The lowest BCUT2D eigenvalue weighted by Gasteiger charge is -2.39. The van der Waals surface area contributed by atoms with Crippen molar-refractivity contribution in [3.63, 3.8) is 0 Å².